The molecule has 0 fully saturated rings. The summed E-state index contributed by atoms with van der Waals surface area (Å²) in [5, 5.41) is 7.13. The molecule has 1 N–H and O–H groups in total. The Morgan fingerprint density at radius 2 is 2.11 bits per heavy atom. The number of aromatic nitrogens is 3. The Morgan fingerprint density at radius 1 is 1.26 bits per heavy atom. The Bertz CT molecular complexity index is 1110. The fourth-order valence-electron chi connectivity index (χ4n) is 2.98. The summed E-state index contributed by atoms with van der Waals surface area (Å²) in [7, 11) is -1.04. The molecule has 0 aliphatic carbocycles. The van der Waals surface area contributed by atoms with E-state index in [1.54, 1.807) is 23.7 Å². The predicted molar refractivity (Wildman–Crippen MR) is 115 cm³/mol. The third-order valence-electron chi connectivity index (χ3n) is 4.11. The van der Waals surface area contributed by atoms with Gasteiger partial charge in [0.25, 0.3) is 0 Å². The van der Waals surface area contributed by atoms with Crippen LogP contribution >= 0.6 is 22.7 Å². The van der Waals surface area contributed by atoms with Gasteiger partial charge in [0, 0.05) is 34.9 Å². The van der Waals surface area contributed by atoms with E-state index < -0.39 is 10.8 Å². The van der Waals surface area contributed by atoms with Crippen LogP contribution in [0.4, 0.5) is 5.69 Å². The van der Waals surface area contributed by atoms with Crippen LogP contribution in [0.1, 0.15) is 20.8 Å². The summed E-state index contributed by atoms with van der Waals surface area (Å²) >= 11 is 3.06. The highest BCUT2D eigenvalue weighted by atomic mass is 32.2. The summed E-state index contributed by atoms with van der Waals surface area (Å²) in [5.74, 6) is 0. The van der Waals surface area contributed by atoms with E-state index in [2.05, 4.69) is 21.4 Å². The Morgan fingerprint density at radius 3 is 2.81 bits per heavy atom. The van der Waals surface area contributed by atoms with Gasteiger partial charge in [0.15, 0.2) is 0 Å². The Labute approximate surface area is 168 Å². The first-order chi connectivity index (χ1) is 13.2. The van der Waals surface area contributed by atoms with Gasteiger partial charge in [-0.15, -0.1) is 22.7 Å². The molecule has 0 amide bonds. The third kappa shape index (κ3) is 3.07. The van der Waals surface area contributed by atoms with Crippen molar-refractivity contribution in [1.82, 2.24) is 15.0 Å². The topological polar surface area (TPSA) is 67.8 Å². The van der Waals surface area contributed by atoms with Crippen molar-refractivity contribution in [1.29, 1.82) is 0 Å². The maximum Gasteiger partial charge on any atom is 0.141 e. The van der Waals surface area contributed by atoms with Gasteiger partial charge >= 0.3 is 0 Å². The first-order valence-electron chi connectivity index (χ1n) is 8.67. The van der Waals surface area contributed by atoms with Crippen molar-refractivity contribution in [3.8, 4) is 21.8 Å². The van der Waals surface area contributed by atoms with E-state index in [0.29, 0.717) is 0 Å². The zero-order valence-corrected chi connectivity index (χ0v) is 17.5. The second-order valence-electron chi connectivity index (χ2n) is 5.66. The summed E-state index contributed by atoms with van der Waals surface area (Å²) in [4.78, 5) is 14.3. The van der Waals surface area contributed by atoms with Gasteiger partial charge in [0.1, 0.15) is 25.1 Å². The fourth-order valence-corrected chi connectivity index (χ4v) is 6.38. The third-order valence-corrected chi connectivity index (χ3v) is 7.85. The highest BCUT2D eigenvalue weighted by molar-refractivity contribution is 7.88. The second kappa shape index (κ2) is 7.46. The van der Waals surface area contributed by atoms with Crippen molar-refractivity contribution in [2.75, 3.05) is 5.32 Å². The molecule has 5 heterocycles. The van der Waals surface area contributed by atoms with Crippen molar-refractivity contribution in [2.24, 2.45) is 0 Å². The lowest BCUT2D eigenvalue weighted by Crippen LogP contribution is -2.12. The zero-order chi connectivity index (χ0) is 19.0. The maximum absolute atomic E-state index is 12.5. The quantitative estimate of drug-likeness (QED) is 0.476. The molecule has 5 rings (SSSR count). The first kappa shape index (κ1) is 18.2. The van der Waals surface area contributed by atoms with E-state index in [-0.39, 0.29) is 5.37 Å². The van der Waals surface area contributed by atoms with Gasteiger partial charge in [0.05, 0.1) is 16.5 Å². The number of nitrogens with zero attached hydrogens (tertiary/aromatic N) is 3. The lowest BCUT2D eigenvalue weighted by atomic mass is 10.0. The molecule has 4 aromatic heterocycles. The predicted octanol–water partition coefficient (Wildman–Crippen LogP) is 5.39. The first-order valence-corrected chi connectivity index (χ1v) is 11.6. The van der Waals surface area contributed by atoms with Crippen LogP contribution in [0.15, 0.2) is 46.4 Å². The Kier molecular flexibility index (Phi) is 5.03. The smallest absolute Gasteiger partial charge is 0.141 e. The van der Waals surface area contributed by atoms with Crippen LogP contribution in [0, 0.1) is 0 Å². The fraction of sp³-hybridized carbons (Fsp3) is 0.211. The summed E-state index contributed by atoms with van der Waals surface area (Å²) in [5.41, 5.74) is 3.84. The number of pyridine rings is 2. The lowest BCUT2D eigenvalue weighted by molar-refractivity contribution is 0.682. The van der Waals surface area contributed by atoms with Gasteiger partial charge in [-0.1, -0.05) is 19.9 Å². The zero-order valence-electron chi connectivity index (χ0n) is 15.1. The van der Waals surface area contributed by atoms with Gasteiger partial charge in [-0.2, -0.15) is 0 Å². The minimum Gasteiger partial charge on any atom is -0.369 e. The van der Waals surface area contributed by atoms with Crippen molar-refractivity contribution >= 4 is 49.4 Å². The van der Waals surface area contributed by atoms with E-state index in [9.17, 15) is 4.21 Å². The highest BCUT2D eigenvalue weighted by Crippen LogP contribution is 2.47. The van der Waals surface area contributed by atoms with Gasteiger partial charge in [0.2, 0.25) is 0 Å². The van der Waals surface area contributed by atoms with Crippen LogP contribution in [-0.4, -0.2) is 24.5 Å². The average molecular weight is 415 g/mol. The average Bonchev–Trinajstić information content (AvgIpc) is 3.42. The van der Waals surface area contributed by atoms with E-state index in [1.165, 1.54) is 11.3 Å². The van der Waals surface area contributed by atoms with Crippen molar-refractivity contribution < 1.29 is 4.21 Å². The molecule has 4 aromatic rings. The molecule has 138 valence electrons. The molecule has 8 heteroatoms. The number of thiophene rings is 1. The van der Waals surface area contributed by atoms with E-state index in [4.69, 9.17) is 4.98 Å². The summed E-state index contributed by atoms with van der Waals surface area (Å²) in [6, 6.07) is 6.01. The number of anilines is 1. The normalized spacial score (nSPS) is 17.9. The standard InChI is InChI=1S/C17H12N4OS3.C2H6/c1-9-20-14-13-11(10-3-2-4-18-8-10)7-12(15-19-5-6-23-15)21-16(13)24-17(14)25(9)22;1-2/h2-9,20H,1H3;1-2H3. The van der Waals surface area contributed by atoms with Crippen molar-refractivity contribution in [3.05, 3.63) is 42.2 Å². The largest absolute Gasteiger partial charge is 0.369 e. The Balaban J connectivity index is 0.000000872. The molecule has 0 radical (unpaired) electrons. The van der Waals surface area contributed by atoms with Gasteiger partial charge in [-0.05, 0) is 24.6 Å². The number of hydrogen-bond donors (Lipinski definition) is 1. The highest BCUT2D eigenvalue weighted by Gasteiger charge is 2.31. The number of hydrogen-bond acceptors (Lipinski definition) is 7. The minimum absolute atomic E-state index is 0.0777. The molecule has 1 aliphatic heterocycles. The molecular weight excluding hydrogens is 396 g/mol. The van der Waals surface area contributed by atoms with Crippen LogP contribution in [0.25, 0.3) is 32.0 Å². The monoisotopic (exact) mass is 414 g/mol. The molecule has 0 spiro atoms. The molecule has 0 bridgehead atoms. The summed E-state index contributed by atoms with van der Waals surface area (Å²) in [6.07, 6.45) is 5.39. The van der Waals surface area contributed by atoms with E-state index >= 15 is 0 Å². The van der Waals surface area contributed by atoms with Gasteiger partial charge < -0.3 is 5.32 Å². The molecule has 0 saturated heterocycles. The molecular formula is C19H18N4OS3. The van der Waals surface area contributed by atoms with Crippen LogP contribution in [0.3, 0.4) is 0 Å². The maximum atomic E-state index is 12.5. The summed E-state index contributed by atoms with van der Waals surface area (Å²) < 4.78 is 13.4. The van der Waals surface area contributed by atoms with E-state index in [1.807, 2.05) is 44.5 Å². The Hall–Kier alpha value is -2.16. The molecule has 27 heavy (non-hydrogen) atoms. The van der Waals surface area contributed by atoms with Crippen LogP contribution in [-0.2, 0) is 10.8 Å². The molecule has 0 saturated carbocycles. The molecule has 1 aliphatic rings. The number of thiazole rings is 1. The van der Waals surface area contributed by atoms with Crippen molar-refractivity contribution in [3.63, 3.8) is 0 Å². The minimum atomic E-state index is -1.04. The second-order valence-corrected chi connectivity index (χ2v) is 9.52. The SMILES string of the molecule is CC.CC1Nc2c(sc3nc(-c4nccs4)cc(-c4cccnc4)c23)S1=O. The van der Waals surface area contributed by atoms with Gasteiger partial charge in [-0.25, -0.2) is 9.97 Å². The summed E-state index contributed by atoms with van der Waals surface area (Å²) in [6.45, 7) is 5.94. The molecule has 2 atom stereocenters. The van der Waals surface area contributed by atoms with Gasteiger partial charge in [-0.3, -0.25) is 9.19 Å². The number of fused-ring (bicyclic) bond motifs is 3. The van der Waals surface area contributed by atoms with Crippen LogP contribution in [0.5, 0.6) is 0 Å². The molecule has 5 nitrogen and oxygen atoms in total. The van der Waals surface area contributed by atoms with Crippen molar-refractivity contribution in [2.45, 2.75) is 30.4 Å². The van der Waals surface area contributed by atoms with Crippen LogP contribution < -0.4 is 5.32 Å². The molecule has 2 unspecified atom stereocenters. The lowest BCUT2D eigenvalue weighted by Gasteiger charge is -2.09. The number of rotatable bonds is 2. The molecule has 0 aromatic carbocycles. The van der Waals surface area contributed by atoms with E-state index in [0.717, 1.165) is 41.9 Å². The van der Waals surface area contributed by atoms with Crippen LogP contribution in [0.2, 0.25) is 0 Å². The number of nitrogens with one attached hydrogen (secondary N) is 1.